The predicted octanol–water partition coefficient (Wildman–Crippen LogP) is 2.08. The van der Waals surface area contributed by atoms with Crippen LogP contribution >= 0.6 is 0 Å². The summed E-state index contributed by atoms with van der Waals surface area (Å²) in [4.78, 5) is 0. The van der Waals surface area contributed by atoms with Gasteiger partial charge in [0.2, 0.25) is 0 Å². The standard InChI is InChI=1S/C21H36O7/c1-6-7-22-8-17(9-23-11-18-13-25-20(2,3)26-14-18)10-24-12-19-15-27-21(4,5)28-16-19/h1,17-19H,7-16H2,2-5H3. The summed E-state index contributed by atoms with van der Waals surface area (Å²) in [6, 6.07) is 0. The molecule has 7 heteroatoms. The van der Waals surface area contributed by atoms with Crippen molar-refractivity contribution in [1.82, 2.24) is 0 Å². The SMILES string of the molecule is C#CCOCC(COCC1COC(C)(C)OC1)COCC1COC(C)(C)OC1. The number of hydrogen-bond donors (Lipinski definition) is 0. The molecule has 0 radical (unpaired) electrons. The van der Waals surface area contributed by atoms with Crippen molar-refractivity contribution in [2.24, 2.45) is 17.8 Å². The van der Waals surface area contributed by atoms with E-state index in [0.717, 1.165) is 0 Å². The minimum Gasteiger partial charge on any atom is -0.381 e. The molecule has 0 aromatic heterocycles. The second-order valence-electron chi connectivity index (χ2n) is 8.44. The third kappa shape index (κ3) is 9.19. The van der Waals surface area contributed by atoms with Crippen LogP contribution in [0.4, 0.5) is 0 Å². The van der Waals surface area contributed by atoms with E-state index in [4.69, 9.17) is 39.6 Å². The van der Waals surface area contributed by atoms with Crippen LogP contribution in [0.5, 0.6) is 0 Å². The van der Waals surface area contributed by atoms with E-state index in [2.05, 4.69) is 5.92 Å². The fraction of sp³-hybridized carbons (Fsp3) is 0.905. The Morgan fingerprint density at radius 2 is 1.18 bits per heavy atom. The smallest absolute Gasteiger partial charge is 0.162 e. The zero-order valence-corrected chi connectivity index (χ0v) is 17.7. The van der Waals surface area contributed by atoms with Crippen LogP contribution in [-0.2, 0) is 33.2 Å². The molecule has 0 aliphatic carbocycles. The van der Waals surface area contributed by atoms with Gasteiger partial charge in [-0.2, -0.15) is 0 Å². The van der Waals surface area contributed by atoms with Gasteiger partial charge in [0.1, 0.15) is 6.61 Å². The zero-order valence-electron chi connectivity index (χ0n) is 17.7. The Kier molecular flexibility index (Phi) is 9.64. The molecule has 0 unspecified atom stereocenters. The summed E-state index contributed by atoms with van der Waals surface area (Å²) in [5, 5.41) is 0. The largest absolute Gasteiger partial charge is 0.381 e. The molecule has 2 heterocycles. The molecule has 0 spiro atoms. The summed E-state index contributed by atoms with van der Waals surface area (Å²) in [6.07, 6.45) is 5.26. The Hall–Kier alpha value is -0.720. The van der Waals surface area contributed by atoms with Crippen molar-refractivity contribution >= 4 is 0 Å². The number of ether oxygens (including phenoxy) is 7. The maximum atomic E-state index is 5.88. The lowest BCUT2D eigenvalue weighted by atomic mass is 10.1. The second-order valence-corrected chi connectivity index (χ2v) is 8.44. The number of terminal acetylenes is 1. The van der Waals surface area contributed by atoms with Crippen LogP contribution in [0, 0.1) is 30.1 Å². The van der Waals surface area contributed by atoms with Crippen molar-refractivity contribution in [3.05, 3.63) is 0 Å². The number of rotatable bonds is 11. The Bertz CT molecular complexity index is 432. The molecule has 0 aromatic carbocycles. The Balaban J connectivity index is 1.64. The summed E-state index contributed by atoms with van der Waals surface area (Å²) in [5.41, 5.74) is 0. The van der Waals surface area contributed by atoms with Gasteiger partial charge in [0, 0.05) is 17.8 Å². The molecule has 2 saturated heterocycles. The Morgan fingerprint density at radius 1 is 0.786 bits per heavy atom. The van der Waals surface area contributed by atoms with Gasteiger partial charge in [-0.3, -0.25) is 0 Å². The first-order chi connectivity index (χ1) is 13.3. The van der Waals surface area contributed by atoms with Gasteiger partial charge >= 0.3 is 0 Å². The molecule has 0 N–H and O–H groups in total. The molecule has 2 rings (SSSR count). The Labute approximate surface area is 169 Å². The van der Waals surface area contributed by atoms with Gasteiger partial charge in [0.05, 0.1) is 59.5 Å². The van der Waals surface area contributed by atoms with Gasteiger partial charge in [0.25, 0.3) is 0 Å². The van der Waals surface area contributed by atoms with Crippen LogP contribution in [0.2, 0.25) is 0 Å². The number of hydrogen-bond acceptors (Lipinski definition) is 7. The lowest BCUT2D eigenvalue weighted by molar-refractivity contribution is -0.267. The molecule has 0 aromatic rings. The van der Waals surface area contributed by atoms with Crippen LogP contribution in [0.15, 0.2) is 0 Å². The van der Waals surface area contributed by atoms with Gasteiger partial charge in [-0.05, 0) is 27.7 Å². The first-order valence-electron chi connectivity index (χ1n) is 10.0. The predicted molar refractivity (Wildman–Crippen MR) is 104 cm³/mol. The highest BCUT2D eigenvalue weighted by atomic mass is 16.7. The summed E-state index contributed by atoms with van der Waals surface area (Å²) in [7, 11) is 0. The van der Waals surface area contributed by atoms with Gasteiger partial charge < -0.3 is 33.2 Å². The molecule has 2 aliphatic heterocycles. The zero-order chi connectivity index (χ0) is 20.5. The van der Waals surface area contributed by atoms with Crippen molar-refractivity contribution in [1.29, 1.82) is 0 Å². The van der Waals surface area contributed by atoms with Gasteiger partial charge in [-0.1, -0.05) is 5.92 Å². The first kappa shape index (κ1) is 23.6. The van der Waals surface area contributed by atoms with Crippen molar-refractivity contribution in [3.63, 3.8) is 0 Å². The lowest BCUT2D eigenvalue weighted by Crippen LogP contribution is -2.41. The Morgan fingerprint density at radius 3 is 1.57 bits per heavy atom. The van der Waals surface area contributed by atoms with E-state index < -0.39 is 11.6 Å². The average Bonchev–Trinajstić information content (AvgIpc) is 2.64. The van der Waals surface area contributed by atoms with Gasteiger partial charge in [-0.15, -0.1) is 6.42 Å². The first-order valence-corrected chi connectivity index (χ1v) is 10.0. The molecule has 2 fully saturated rings. The highest BCUT2D eigenvalue weighted by molar-refractivity contribution is 4.83. The molecule has 2 aliphatic rings. The van der Waals surface area contributed by atoms with Crippen LogP contribution in [0.3, 0.4) is 0 Å². The fourth-order valence-electron chi connectivity index (χ4n) is 2.88. The molecule has 0 atom stereocenters. The topological polar surface area (TPSA) is 64.6 Å². The lowest BCUT2D eigenvalue weighted by Gasteiger charge is -2.35. The minimum atomic E-state index is -0.502. The fourth-order valence-corrected chi connectivity index (χ4v) is 2.88. The summed E-state index contributed by atoms with van der Waals surface area (Å²) in [5.74, 6) is 2.06. The minimum absolute atomic E-state index is 0.108. The quantitative estimate of drug-likeness (QED) is 0.389. The van der Waals surface area contributed by atoms with Crippen LogP contribution in [0.1, 0.15) is 27.7 Å². The molecule has 162 valence electrons. The van der Waals surface area contributed by atoms with Crippen molar-refractivity contribution < 1.29 is 33.2 Å². The normalized spacial score (nSPS) is 23.0. The second kappa shape index (κ2) is 11.5. The molecule has 0 saturated carbocycles. The maximum absolute atomic E-state index is 5.88. The van der Waals surface area contributed by atoms with Crippen LogP contribution in [-0.4, -0.2) is 77.6 Å². The van der Waals surface area contributed by atoms with Crippen molar-refractivity contribution in [2.75, 3.05) is 66.1 Å². The average molecular weight is 401 g/mol. The van der Waals surface area contributed by atoms with E-state index in [9.17, 15) is 0 Å². The third-order valence-corrected chi connectivity index (χ3v) is 4.62. The summed E-state index contributed by atoms with van der Waals surface area (Å²) >= 11 is 0. The molecule has 28 heavy (non-hydrogen) atoms. The van der Waals surface area contributed by atoms with E-state index in [1.807, 2.05) is 27.7 Å². The third-order valence-electron chi connectivity index (χ3n) is 4.62. The van der Waals surface area contributed by atoms with Gasteiger partial charge in [0.15, 0.2) is 11.6 Å². The summed E-state index contributed by atoms with van der Waals surface area (Å²) in [6.45, 7) is 13.3. The summed E-state index contributed by atoms with van der Waals surface area (Å²) < 4.78 is 39.9. The molecular formula is C21H36O7. The van der Waals surface area contributed by atoms with Crippen molar-refractivity contribution in [3.8, 4) is 12.3 Å². The van der Waals surface area contributed by atoms with E-state index in [-0.39, 0.29) is 24.4 Å². The monoisotopic (exact) mass is 400 g/mol. The van der Waals surface area contributed by atoms with Gasteiger partial charge in [-0.25, -0.2) is 0 Å². The molecule has 0 bridgehead atoms. The van der Waals surface area contributed by atoms with E-state index in [0.29, 0.717) is 59.5 Å². The van der Waals surface area contributed by atoms with E-state index in [1.54, 1.807) is 0 Å². The van der Waals surface area contributed by atoms with Crippen LogP contribution in [0.25, 0.3) is 0 Å². The molecule has 0 amide bonds. The molecule has 7 nitrogen and oxygen atoms in total. The highest BCUT2D eigenvalue weighted by Crippen LogP contribution is 2.22. The van der Waals surface area contributed by atoms with Crippen molar-refractivity contribution in [2.45, 2.75) is 39.3 Å². The molecular weight excluding hydrogens is 364 g/mol. The highest BCUT2D eigenvalue weighted by Gasteiger charge is 2.29. The van der Waals surface area contributed by atoms with E-state index in [1.165, 1.54) is 0 Å². The maximum Gasteiger partial charge on any atom is 0.162 e. The van der Waals surface area contributed by atoms with Crippen LogP contribution < -0.4 is 0 Å². The van der Waals surface area contributed by atoms with E-state index >= 15 is 0 Å².